The number of nitrogens with zero attached hydrogens (tertiary/aromatic N) is 1. The molecule has 144 valence electrons. The van der Waals surface area contributed by atoms with Gasteiger partial charge >= 0.3 is 0 Å². The van der Waals surface area contributed by atoms with Crippen molar-refractivity contribution in [3.05, 3.63) is 69.6 Å². The number of carbonyl (C=O) groups excluding carboxylic acids is 2. The zero-order valence-corrected chi connectivity index (χ0v) is 17.1. The van der Waals surface area contributed by atoms with E-state index in [0.717, 1.165) is 22.9 Å². The normalized spacial score (nSPS) is 15.3. The number of thioether (sulfide) groups is 1. The molecule has 28 heavy (non-hydrogen) atoms. The summed E-state index contributed by atoms with van der Waals surface area (Å²) in [7, 11) is 0. The van der Waals surface area contributed by atoms with Crippen molar-refractivity contribution in [1.29, 1.82) is 0 Å². The number of thiocarbonyl (C=S) groups is 1. The highest BCUT2D eigenvalue weighted by Crippen LogP contribution is 2.33. The van der Waals surface area contributed by atoms with Gasteiger partial charge in [0, 0.05) is 11.6 Å². The van der Waals surface area contributed by atoms with Crippen LogP contribution in [-0.4, -0.2) is 39.2 Å². The highest BCUT2D eigenvalue weighted by atomic mass is 35.5. The fraction of sp³-hybridized carbons (Fsp3) is 0.150. The maximum absolute atomic E-state index is 12.6. The van der Waals surface area contributed by atoms with Gasteiger partial charge in [0.1, 0.15) is 16.6 Å². The predicted octanol–water partition coefficient (Wildman–Crippen LogP) is 3.61. The average Bonchev–Trinajstić information content (AvgIpc) is 2.93. The Bertz CT molecular complexity index is 945. The zero-order valence-electron chi connectivity index (χ0n) is 14.7. The number of hydrogen-bond acceptors (Lipinski definition) is 5. The lowest BCUT2D eigenvalue weighted by Gasteiger charge is -2.14. The first-order chi connectivity index (χ1) is 13.4. The van der Waals surface area contributed by atoms with E-state index in [2.05, 4.69) is 5.32 Å². The second kappa shape index (κ2) is 9.23. The number of aromatic hydroxyl groups is 1. The van der Waals surface area contributed by atoms with E-state index in [1.54, 1.807) is 36.4 Å². The van der Waals surface area contributed by atoms with E-state index < -0.39 is 0 Å². The van der Waals surface area contributed by atoms with Crippen LogP contribution in [0.25, 0.3) is 6.08 Å². The lowest BCUT2D eigenvalue weighted by Crippen LogP contribution is -2.40. The molecule has 0 bridgehead atoms. The van der Waals surface area contributed by atoms with Crippen molar-refractivity contribution in [3.63, 3.8) is 0 Å². The third kappa shape index (κ3) is 5.13. The van der Waals surface area contributed by atoms with Crippen LogP contribution >= 0.6 is 35.6 Å². The van der Waals surface area contributed by atoms with Gasteiger partial charge in [0.2, 0.25) is 5.91 Å². The van der Waals surface area contributed by atoms with Gasteiger partial charge in [0.15, 0.2) is 0 Å². The molecule has 0 spiro atoms. The summed E-state index contributed by atoms with van der Waals surface area (Å²) in [6.45, 7) is 0.300. The predicted molar refractivity (Wildman–Crippen MR) is 116 cm³/mol. The highest BCUT2D eigenvalue weighted by molar-refractivity contribution is 8.26. The molecular weight excluding hydrogens is 416 g/mol. The first-order valence-electron chi connectivity index (χ1n) is 8.48. The SMILES string of the molecule is O=C(CN1C(=O)C(=Cc2ccccc2Cl)SC1=S)NCCc1ccc(O)cc1. The number of carbonyl (C=O) groups is 2. The second-order valence-electron chi connectivity index (χ2n) is 6.06. The zero-order chi connectivity index (χ0) is 20.1. The smallest absolute Gasteiger partial charge is 0.266 e. The van der Waals surface area contributed by atoms with Gasteiger partial charge in [-0.15, -0.1) is 0 Å². The average molecular weight is 433 g/mol. The van der Waals surface area contributed by atoms with E-state index in [1.165, 1.54) is 4.90 Å². The summed E-state index contributed by atoms with van der Waals surface area (Å²) in [5, 5.41) is 12.6. The van der Waals surface area contributed by atoms with E-state index in [-0.39, 0.29) is 24.1 Å². The molecule has 2 aromatic carbocycles. The summed E-state index contributed by atoms with van der Waals surface area (Å²) in [4.78, 5) is 26.5. The molecule has 8 heteroatoms. The summed E-state index contributed by atoms with van der Waals surface area (Å²) in [6.07, 6.45) is 2.31. The molecule has 2 amide bonds. The van der Waals surface area contributed by atoms with Gasteiger partial charge in [-0.1, -0.05) is 65.9 Å². The van der Waals surface area contributed by atoms with Gasteiger partial charge in [0.05, 0.1) is 4.91 Å². The molecule has 2 aromatic rings. The van der Waals surface area contributed by atoms with Crippen LogP contribution in [0, 0.1) is 0 Å². The van der Waals surface area contributed by atoms with E-state index >= 15 is 0 Å². The first-order valence-corrected chi connectivity index (χ1v) is 10.1. The maximum atomic E-state index is 12.6. The summed E-state index contributed by atoms with van der Waals surface area (Å²) < 4.78 is 0.344. The van der Waals surface area contributed by atoms with Crippen LogP contribution in [-0.2, 0) is 16.0 Å². The quantitative estimate of drug-likeness (QED) is 0.539. The minimum atomic E-state index is -0.302. The topological polar surface area (TPSA) is 69.6 Å². The van der Waals surface area contributed by atoms with E-state index in [9.17, 15) is 14.7 Å². The fourth-order valence-corrected chi connectivity index (χ4v) is 4.01. The lowest BCUT2D eigenvalue weighted by molar-refractivity contribution is -0.128. The van der Waals surface area contributed by atoms with Crippen molar-refractivity contribution in [2.24, 2.45) is 0 Å². The number of hydrogen-bond donors (Lipinski definition) is 2. The Morgan fingerprint density at radius 2 is 1.93 bits per heavy atom. The van der Waals surface area contributed by atoms with Crippen LogP contribution < -0.4 is 5.32 Å². The Kier molecular flexibility index (Phi) is 6.72. The standard InChI is InChI=1S/C20H17ClN2O3S2/c21-16-4-2-1-3-14(16)11-17-19(26)23(20(27)28-17)12-18(25)22-10-9-13-5-7-15(24)8-6-13/h1-8,11,24H,9-10,12H2,(H,22,25). The van der Waals surface area contributed by atoms with Crippen LogP contribution in [0.2, 0.25) is 5.02 Å². The Hall–Kier alpha value is -2.35. The highest BCUT2D eigenvalue weighted by Gasteiger charge is 2.33. The number of benzene rings is 2. The number of phenols is 1. The van der Waals surface area contributed by atoms with E-state index in [1.807, 2.05) is 18.2 Å². The number of rotatable bonds is 6. The maximum Gasteiger partial charge on any atom is 0.266 e. The summed E-state index contributed by atoms with van der Waals surface area (Å²) in [6, 6.07) is 14.0. The van der Waals surface area contributed by atoms with Crippen LogP contribution in [0.5, 0.6) is 5.75 Å². The monoisotopic (exact) mass is 432 g/mol. The molecule has 1 heterocycles. The molecule has 0 aliphatic carbocycles. The van der Waals surface area contributed by atoms with Gasteiger partial charge in [0.25, 0.3) is 5.91 Å². The van der Waals surface area contributed by atoms with Crippen LogP contribution in [0.3, 0.4) is 0 Å². The van der Waals surface area contributed by atoms with Crippen LogP contribution in [0.1, 0.15) is 11.1 Å². The molecule has 5 nitrogen and oxygen atoms in total. The summed E-state index contributed by atoms with van der Waals surface area (Å²) in [5.74, 6) is -0.385. The van der Waals surface area contributed by atoms with Gasteiger partial charge < -0.3 is 10.4 Å². The molecule has 1 aliphatic heterocycles. The van der Waals surface area contributed by atoms with Crippen molar-refractivity contribution < 1.29 is 14.7 Å². The minimum Gasteiger partial charge on any atom is -0.508 e. The molecule has 0 unspecified atom stereocenters. The molecule has 0 atom stereocenters. The molecule has 2 N–H and O–H groups in total. The van der Waals surface area contributed by atoms with Gasteiger partial charge in [-0.3, -0.25) is 14.5 Å². The second-order valence-corrected chi connectivity index (χ2v) is 8.14. The number of phenolic OH excluding ortho intramolecular Hbond substituents is 1. The molecular formula is C20H17ClN2O3S2. The van der Waals surface area contributed by atoms with Crippen molar-refractivity contribution in [1.82, 2.24) is 10.2 Å². The van der Waals surface area contributed by atoms with Crippen molar-refractivity contribution >= 4 is 57.8 Å². The number of nitrogens with one attached hydrogen (secondary N) is 1. The van der Waals surface area contributed by atoms with Crippen molar-refractivity contribution in [3.8, 4) is 5.75 Å². The largest absolute Gasteiger partial charge is 0.508 e. The number of halogens is 1. The first kappa shape index (κ1) is 20.4. The molecule has 1 fully saturated rings. The van der Waals surface area contributed by atoms with Crippen molar-refractivity contribution in [2.45, 2.75) is 6.42 Å². The molecule has 1 aliphatic rings. The van der Waals surface area contributed by atoms with E-state index in [4.69, 9.17) is 23.8 Å². The van der Waals surface area contributed by atoms with E-state index in [0.29, 0.717) is 27.2 Å². The molecule has 3 rings (SSSR count). The van der Waals surface area contributed by atoms with Gasteiger partial charge in [-0.05, 0) is 41.8 Å². The Labute approximate surface area is 177 Å². The van der Waals surface area contributed by atoms with Crippen LogP contribution in [0.4, 0.5) is 0 Å². The molecule has 0 saturated carbocycles. The lowest BCUT2D eigenvalue weighted by atomic mass is 10.1. The third-order valence-corrected chi connectivity index (χ3v) is 5.76. The summed E-state index contributed by atoms with van der Waals surface area (Å²) >= 11 is 12.5. The van der Waals surface area contributed by atoms with Gasteiger partial charge in [-0.2, -0.15) is 0 Å². The molecule has 1 saturated heterocycles. The summed E-state index contributed by atoms with van der Waals surface area (Å²) in [5.41, 5.74) is 1.72. The van der Waals surface area contributed by atoms with Crippen LogP contribution in [0.15, 0.2) is 53.4 Å². The Balaban J connectivity index is 1.55. The third-order valence-electron chi connectivity index (χ3n) is 4.04. The Morgan fingerprint density at radius 1 is 1.21 bits per heavy atom. The molecule has 0 radical (unpaired) electrons. The van der Waals surface area contributed by atoms with Crippen molar-refractivity contribution in [2.75, 3.05) is 13.1 Å². The fourth-order valence-electron chi connectivity index (χ4n) is 2.58. The van der Waals surface area contributed by atoms with Gasteiger partial charge in [-0.25, -0.2) is 0 Å². The minimum absolute atomic E-state index is 0.125. The Morgan fingerprint density at radius 3 is 2.64 bits per heavy atom. The number of amides is 2. The molecule has 0 aromatic heterocycles.